The molecule has 0 amide bonds. The van der Waals surface area contributed by atoms with Crippen LogP contribution in [-0.4, -0.2) is 13.7 Å². The van der Waals surface area contributed by atoms with Crippen LogP contribution in [0, 0.1) is 3.57 Å². The standard InChI is InChI=1S/C17H19BrINO/c1-3-20-17(10-12-4-6-13(19)7-5-12)15-11-14(21-2)8-9-16(15)18/h4-9,11,17,20H,3,10H2,1-2H3. The fraction of sp³-hybridized carbons (Fsp3) is 0.294. The van der Waals surface area contributed by atoms with Crippen molar-refractivity contribution in [2.75, 3.05) is 13.7 Å². The molecule has 1 unspecified atom stereocenters. The molecular formula is C17H19BrINO. The van der Waals surface area contributed by atoms with Crippen LogP contribution in [0.1, 0.15) is 24.1 Å². The molecule has 0 saturated carbocycles. The average molecular weight is 460 g/mol. The van der Waals surface area contributed by atoms with Gasteiger partial charge in [-0.2, -0.15) is 0 Å². The Hall–Kier alpha value is -0.590. The van der Waals surface area contributed by atoms with E-state index in [-0.39, 0.29) is 6.04 Å². The summed E-state index contributed by atoms with van der Waals surface area (Å²) in [5.41, 5.74) is 2.56. The highest BCUT2D eigenvalue weighted by atomic mass is 127. The second kappa shape index (κ2) is 8.15. The lowest BCUT2D eigenvalue weighted by Crippen LogP contribution is -2.23. The van der Waals surface area contributed by atoms with Gasteiger partial charge in [0.15, 0.2) is 0 Å². The molecule has 0 saturated heterocycles. The maximum atomic E-state index is 5.35. The van der Waals surface area contributed by atoms with E-state index in [0.717, 1.165) is 23.2 Å². The maximum absolute atomic E-state index is 5.35. The molecule has 0 aliphatic carbocycles. The summed E-state index contributed by atoms with van der Waals surface area (Å²) in [5.74, 6) is 0.888. The van der Waals surface area contributed by atoms with Crippen molar-refractivity contribution in [3.63, 3.8) is 0 Å². The topological polar surface area (TPSA) is 21.3 Å². The van der Waals surface area contributed by atoms with Gasteiger partial charge in [0, 0.05) is 14.1 Å². The zero-order chi connectivity index (χ0) is 15.2. The van der Waals surface area contributed by atoms with Crippen molar-refractivity contribution in [3.8, 4) is 5.75 Å². The molecule has 2 rings (SSSR count). The van der Waals surface area contributed by atoms with Crippen LogP contribution in [-0.2, 0) is 6.42 Å². The largest absolute Gasteiger partial charge is 0.497 e. The monoisotopic (exact) mass is 459 g/mol. The fourth-order valence-corrected chi connectivity index (χ4v) is 3.19. The summed E-state index contributed by atoms with van der Waals surface area (Å²) in [7, 11) is 1.70. The van der Waals surface area contributed by atoms with Crippen molar-refractivity contribution in [2.24, 2.45) is 0 Å². The van der Waals surface area contributed by atoms with Crippen LogP contribution >= 0.6 is 38.5 Å². The zero-order valence-corrected chi connectivity index (χ0v) is 15.9. The number of rotatable bonds is 6. The Morgan fingerprint density at radius 1 is 1.19 bits per heavy atom. The van der Waals surface area contributed by atoms with Crippen molar-refractivity contribution in [3.05, 3.63) is 61.6 Å². The van der Waals surface area contributed by atoms with Gasteiger partial charge in [-0.3, -0.25) is 0 Å². The molecule has 0 radical (unpaired) electrons. The minimum absolute atomic E-state index is 0.263. The van der Waals surface area contributed by atoms with Crippen molar-refractivity contribution >= 4 is 38.5 Å². The van der Waals surface area contributed by atoms with E-state index < -0.39 is 0 Å². The Balaban J connectivity index is 2.27. The molecule has 0 heterocycles. The van der Waals surface area contributed by atoms with E-state index in [1.165, 1.54) is 14.7 Å². The molecule has 0 fully saturated rings. The Labute approximate surface area is 148 Å². The number of likely N-dealkylation sites (N-methyl/N-ethyl adjacent to an activating group) is 1. The summed E-state index contributed by atoms with van der Waals surface area (Å²) in [6.07, 6.45) is 0.955. The van der Waals surface area contributed by atoms with Gasteiger partial charge in [-0.15, -0.1) is 0 Å². The quantitative estimate of drug-likeness (QED) is 0.616. The minimum Gasteiger partial charge on any atom is -0.497 e. The fourth-order valence-electron chi connectivity index (χ4n) is 2.31. The van der Waals surface area contributed by atoms with Crippen LogP contribution in [0.2, 0.25) is 0 Å². The first kappa shape index (κ1) is 16.8. The number of nitrogens with one attached hydrogen (secondary N) is 1. The zero-order valence-electron chi connectivity index (χ0n) is 12.2. The van der Waals surface area contributed by atoms with Crippen LogP contribution in [0.3, 0.4) is 0 Å². The van der Waals surface area contributed by atoms with Crippen LogP contribution in [0.5, 0.6) is 5.75 Å². The molecule has 4 heteroatoms. The first-order valence-electron chi connectivity index (χ1n) is 6.95. The smallest absolute Gasteiger partial charge is 0.119 e. The highest BCUT2D eigenvalue weighted by Crippen LogP contribution is 2.30. The van der Waals surface area contributed by atoms with Gasteiger partial charge in [-0.05, 0) is 77.0 Å². The lowest BCUT2D eigenvalue weighted by atomic mass is 9.98. The predicted molar refractivity (Wildman–Crippen MR) is 100.0 cm³/mol. The van der Waals surface area contributed by atoms with E-state index >= 15 is 0 Å². The molecule has 21 heavy (non-hydrogen) atoms. The SMILES string of the molecule is CCNC(Cc1ccc(I)cc1)c1cc(OC)ccc1Br. The van der Waals surface area contributed by atoms with Crippen molar-refractivity contribution in [1.29, 1.82) is 0 Å². The number of hydrogen-bond acceptors (Lipinski definition) is 2. The van der Waals surface area contributed by atoms with Crippen LogP contribution in [0.25, 0.3) is 0 Å². The first-order valence-corrected chi connectivity index (χ1v) is 8.82. The molecule has 1 atom stereocenters. The van der Waals surface area contributed by atoms with Crippen LogP contribution < -0.4 is 10.1 Å². The van der Waals surface area contributed by atoms with E-state index in [9.17, 15) is 0 Å². The van der Waals surface area contributed by atoms with E-state index in [1.807, 2.05) is 12.1 Å². The van der Waals surface area contributed by atoms with Crippen molar-refractivity contribution < 1.29 is 4.74 Å². The van der Waals surface area contributed by atoms with Crippen molar-refractivity contribution in [2.45, 2.75) is 19.4 Å². The molecule has 0 aromatic heterocycles. The Morgan fingerprint density at radius 2 is 1.90 bits per heavy atom. The number of ether oxygens (including phenoxy) is 1. The maximum Gasteiger partial charge on any atom is 0.119 e. The lowest BCUT2D eigenvalue weighted by molar-refractivity contribution is 0.412. The van der Waals surface area contributed by atoms with E-state index in [2.05, 4.69) is 81.1 Å². The molecule has 1 N–H and O–H groups in total. The summed E-state index contributed by atoms with van der Waals surface area (Å²) in [6.45, 7) is 3.06. The van der Waals surface area contributed by atoms with Gasteiger partial charge < -0.3 is 10.1 Å². The molecule has 112 valence electrons. The van der Waals surface area contributed by atoms with Gasteiger partial charge in [0.1, 0.15) is 5.75 Å². The number of methoxy groups -OCH3 is 1. The van der Waals surface area contributed by atoms with Gasteiger partial charge in [-0.25, -0.2) is 0 Å². The van der Waals surface area contributed by atoms with E-state index in [4.69, 9.17) is 4.74 Å². The lowest BCUT2D eigenvalue weighted by Gasteiger charge is -2.20. The van der Waals surface area contributed by atoms with Crippen molar-refractivity contribution in [1.82, 2.24) is 5.32 Å². The summed E-state index contributed by atoms with van der Waals surface area (Å²) < 4.78 is 7.73. The number of hydrogen-bond donors (Lipinski definition) is 1. The summed E-state index contributed by atoms with van der Waals surface area (Å²) in [6, 6.07) is 15.1. The van der Waals surface area contributed by atoms with E-state index in [0.29, 0.717) is 0 Å². The molecule has 0 spiro atoms. The van der Waals surface area contributed by atoms with Gasteiger partial charge in [-0.1, -0.05) is 35.0 Å². The third-order valence-electron chi connectivity index (χ3n) is 3.38. The number of halogens is 2. The van der Waals surface area contributed by atoms with Gasteiger partial charge in [0.05, 0.1) is 7.11 Å². The normalized spacial score (nSPS) is 12.2. The molecule has 0 bridgehead atoms. The van der Waals surface area contributed by atoms with E-state index in [1.54, 1.807) is 7.11 Å². The van der Waals surface area contributed by atoms with Gasteiger partial charge in [0.2, 0.25) is 0 Å². The highest BCUT2D eigenvalue weighted by molar-refractivity contribution is 14.1. The molecule has 0 aliphatic rings. The minimum atomic E-state index is 0.263. The Bertz CT molecular complexity index is 586. The summed E-state index contributed by atoms with van der Waals surface area (Å²) in [5, 5.41) is 3.57. The molecule has 2 aromatic rings. The third kappa shape index (κ3) is 4.69. The second-order valence-electron chi connectivity index (χ2n) is 4.83. The second-order valence-corrected chi connectivity index (χ2v) is 6.93. The molecule has 0 aliphatic heterocycles. The van der Waals surface area contributed by atoms with Gasteiger partial charge in [0.25, 0.3) is 0 Å². The third-order valence-corrected chi connectivity index (χ3v) is 4.82. The Morgan fingerprint density at radius 3 is 2.52 bits per heavy atom. The summed E-state index contributed by atoms with van der Waals surface area (Å²) >= 11 is 5.99. The van der Waals surface area contributed by atoms with Gasteiger partial charge >= 0.3 is 0 Å². The highest BCUT2D eigenvalue weighted by Gasteiger charge is 2.15. The van der Waals surface area contributed by atoms with Crippen LogP contribution in [0.15, 0.2) is 46.9 Å². The first-order chi connectivity index (χ1) is 10.1. The molecular weight excluding hydrogens is 441 g/mol. The number of benzene rings is 2. The Kier molecular flexibility index (Phi) is 6.51. The molecule has 2 nitrogen and oxygen atoms in total. The average Bonchev–Trinajstić information content (AvgIpc) is 2.49. The molecule has 2 aromatic carbocycles. The van der Waals surface area contributed by atoms with Crippen LogP contribution in [0.4, 0.5) is 0 Å². The predicted octanol–water partition coefficient (Wildman–Crippen LogP) is 4.96. The summed E-state index contributed by atoms with van der Waals surface area (Å²) in [4.78, 5) is 0.